The Bertz CT molecular complexity index is 1070. The number of fused-ring (bicyclic) bond motifs is 1. The van der Waals surface area contributed by atoms with Gasteiger partial charge in [0, 0.05) is 15.7 Å². The quantitative estimate of drug-likeness (QED) is 0.414. The zero-order chi connectivity index (χ0) is 17.4. The van der Waals surface area contributed by atoms with Crippen molar-refractivity contribution in [2.24, 2.45) is 0 Å². The van der Waals surface area contributed by atoms with E-state index in [1.165, 1.54) is 0 Å². The zero-order valence-corrected chi connectivity index (χ0v) is 15.8. The van der Waals surface area contributed by atoms with Crippen LogP contribution in [0.3, 0.4) is 0 Å². The van der Waals surface area contributed by atoms with Crippen molar-refractivity contribution < 1.29 is 13.6 Å². The third-order valence-electron chi connectivity index (χ3n) is 3.53. The Labute approximate surface area is 159 Å². The van der Waals surface area contributed by atoms with E-state index in [9.17, 15) is 4.79 Å². The summed E-state index contributed by atoms with van der Waals surface area (Å²) in [5.74, 6) is 0.422. The largest absolute Gasteiger partial charge is 0.444 e. The fourth-order valence-corrected chi connectivity index (χ4v) is 2.92. The molecule has 5 nitrogen and oxygen atoms in total. The fourth-order valence-electron chi connectivity index (χ4n) is 2.35. The third-order valence-corrected chi connectivity index (χ3v) is 4.49. The van der Waals surface area contributed by atoms with Gasteiger partial charge in [0.15, 0.2) is 16.0 Å². The number of amides is 1. The van der Waals surface area contributed by atoms with Crippen molar-refractivity contribution >= 4 is 54.6 Å². The van der Waals surface area contributed by atoms with Gasteiger partial charge in [-0.2, -0.15) is 0 Å². The molecule has 0 fully saturated rings. The molecule has 2 aromatic heterocycles. The van der Waals surface area contributed by atoms with Gasteiger partial charge < -0.3 is 14.2 Å². The molecule has 1 amide bonds. The number of oxazole rings is 1. The first-order valence-electron chi connectivity index (χ1n) is 7.32. The van der Waals surface area contributed by atoms with Crippen molar-refractivity contribution in [3.8, 4) is 11.5 Å². The Morgan fingerprint density at radius 3 is 2.48 bits per heavy atom. The molecular weight excluding hydrogens is 452 g/mol. The molecular formula is C18H10Br2N2O3. The van der Waals surface area contributed by atoms with Gasteiger partial charge in [-0.25, -0.2) is 4.98 Å². The Morgan fingerprint density at radius 1 is 0.960 bits per heavy atom. The average Bonchev–Trinajstić information content (AvgIpc) is 3.21. The van der Waals surface area contributed by atoms with E-state index in [4.69, 9.17) is 8.83 Å². The van der Waals surface area contributed by atoms with Gasteiger partial charge in [0.2, 0.25) is 5.89 Å². The van der Waals surface area contributed by atoms with Crippen molar-refractivity contribution in [1.29, 1.82) is 0 Å². The topological polar surface area (TPSA) is 68.3 Å². The molecule has 0 bridgehead atoms. The van der Waals surface area contributed by atoms with E-state index in [2.05, 4.69) is 42.2 Å². The summed E-state index contributed by atoms with van der Waals surface area (Å²) in [6.45, 7) is 0. The minimum absolute atomic E-state index is 0.225. The molecule has 0 saturated carbocycles. The molecule has 2 heterocycles. The second-order valence-corrected chi connectivity index (χ2v) is 6.96. The lowest BCUT2D eigenvalue weighted by molar-refractivity contribution is 0.0995. The molecule has 0 atom stereocenters. The first kappa shape index (κ1) is 16.1. The maximum absolute atomic E-state index is 12.1. The van der Waals surface area contributed by atoms with Crippen LogP contribution in [0, 0.1) is 0 Å². The van der Waals surface area contributed by atoms with Crippen LogP contribution >= 0.6 is 31.9 Å². The summed E-state index contributed by atoms with van der Waals surface area (Å²) >= 11 is 6.58. The van der Waals surface area contributed by atoms with Gasteiger partial charge in [0.05, 0.1) is 0 Å². The maximum Gasteiger partial charge on any atom is 0.291 e. The van der Waals surface area contributed by atoms with Gasteiger partial charge >= 0.3 is 0 Å². The number of halogens is 2. The lowest BCUT2D eigenvalue weighted by Gasteiger charge is -2.02. The summed E-state index contributed by atoms with van der Waals surface area (Å²) in [6.07, 6.45) is 0. The number of benzene rings is 2. The van der Waals surface area contributed by atoms with Crippen LogP contribution < -0.4 is 5.32 Å². The van der Waals surface area contributed by atoms with Crippen molar-refractivity contribution in [3.63, 3.8) is 0 Å². The van der Waals surface area contributed by atoms with Gasteiger partial charge in [-0.1, -0.05) is 15.9 Å². The Hall–Kier alpha value is -2.38. The van der Waals surface area contributed by atoms with Crippen LogP contribution in [0.1, 0.15) is 10.6 Å². The van der Waals surface area contributed by atoms with Crippen molar-refractivity contribution in [1.82, 2.24) is 4.98 Å². The number of hydrogen-bond donors (Lipinski definition) is 1. The molecule has 0 aliphatic carbocycles. The molecule has 0 spiro atoms. The number of aromatic nitrogens is 1. The number of nitrogens with zero attached hydrogens (tertiary/aromatic N) is 1. The minimum Gasteiger partial charge on any atom is -0.444 e. The number of carbonyl (C=O) groups is 1. The number of hydrogen-bond acceptors (Lipinski definition) is 4. The molecule has 4 rings (SSSR count). The summed E-state index contributed by atoms with van der Waals surface area (Å²) in [7, 11) is 0. The number of anilines is 1. The van der Waals surface area contributed by atoms with Gasteiger partial charge in [-0.05, 0) is 70.5 Å². The van der Waals surface area contributed by atoms with E-state index >= 15 is 0 Å². The third kappa shape index (κ3) is 3.38. The van der Waals surface area contributed by atoms with E-state index < -0.39 is 0 Å². The van der Waals surface area contributed by atoms with Crippen molar-refractivity contribution in [2.45, 2.75) is 0 Å². The second kappa shape index (κ2) is 6.50. The van der Waals surface area contributed by atoms with Crippen LogP contribution in [0.4, 0.5) is 5.69 Å². The summed E-state index contributed by atoms with van der Waals surface area (Å²) in [4.78, 5) is 16.6. The molecule has 0 aliphatic heterocycles. The Kier molecular flexibility index (Phi) is 4.19. The van der Waals surface area contributed by atoms with Crippen LogP contribution in [0.2, 0.25) is 0 Å². The highest BCUT2D eigenvalue weighted by molar-refractivity contribution is 9.10. The summed E-state index contributed by atoms with van der Waals surface area (Å²) in [5.41, 5.74) is 2.80. The first-order chi connectivity index (χ1) is 12.1. The number of nitrogens with one attached hydrogen (secondary N) is 1. The molecule has 7 heteroatoms. The average molecular weight is 462 g/mol. The number of furan rings is 1. The minimum atomic E-state index is -0.332. The SMILES string of the molecule is O=C(Nc1ccc2oc(-c3ccc(Br)cc3)nc2c1)c1ccc(Br)o1. The normalized spacial score (nSPS) is 11.0. The van der Waals surface area contributed by atoms with Crippen molar-refractivity contribution in [3.05, 3.63) is 69.5 Å². The molecule has 4 aromatic rings. The van der Waals surface area contributed by atoms with E-state index in [-0.39, 0.29) is 11.7 Å². The van der Waals surface area contributed by atoms with E-state index in [1.54, 1.807) is 30.3 Å². The van der Waals surface area contributed by atoms with Crippen molar-refractivity contribution in [2.75, 3.05) is 5.32 Å². The van der Waals surface area contributed by atoms with Gasteiger partial charge in [0.25, 0.3) is 5.91 Å². The molecule has 2 aromatic carbocycles. The van der Waals surface area contributed by atoms with E-state index in [0.717, 1.165) is 10.0 Å². The Balaban J connectivity index is 1.61. The number of carbonyl (C=O) groups excluding carboxylic acids is 1. The highest BCUT2D eigenvalue weighted by atomic mass is 79.9. The predicted molar refractivity (Wildman–Crippen MR) is 102 cm³/mol. The maximum atomic E-state index is 12.1. The summed E-state index contributed by atoms with van der Waals surface area (Å²) in [5, 5.41) is 2.78. The van der Waals surface area contributed by atoms with E-state index in [1.807, 2.05) is 24.3 Å². The van der Waals surface area contributed by atoms with Crippen LogP contribution in [-0.2, 0) is 0 Å². The van der Waals surface area contributed by atoms with Crippen LogP contribution in [0.25, 0.3) is 22.6 Å². The van der Waals surface area contributed by atoms with Crippen LogP contribution in [-0.4, -0.2) is 10.9 Å². The first-order valence-corrected chi connectivity index (χ1v) is 8.90. The monoisotopic (exact) mass is 460 g/mol. The lowest BCUT2D eigenvalue weighted by Crippen LogP contribution is -2.10. The molecule has 0 unspecified atom stereocenters. The summed E-state index contributed by atoms with van der Waals surface area (Å²) < 4.78 is 12.5. The van der Waals surface area contributed by atoms with E-state index in [0.29, 0.717) is 27.3 Å². The smallest absolute Gasteiger partial charge is 0.291 e. The molecule has 0 saturated heterocycles. The van der Waals surface area contributed by atoms with Gasteiger partial charge in [0.1, 0.15) is 5.52 Å². The lowest BCUT2D eigenvalue weighted by atomic mass is 10.2. The molecule has 124 valence electrons. The highest BCUT2D eigenvalue weighted by Crippen LogP contribution is 2.27. The summed E-state index contributed by atoms with van der Waals surface area (Å²) in [6, 6.07) is 16.3. The molecule has 0 aliphatic rings. The highest BCUT2D eigenvalue weighted by Gasteiger charge is 2.13. The number of rotatable bonds is 3. The van der Waals surface area contributed by atoms with Crippen LogP contribution in [0.15, 0.2) is 72.6 Å². The zero-order valence-electron chi connectivity index (χ0n) is 12.6. The fraction of sp³-hybridized carbons (Fsp3) is 0. The van der Waals surface area contributed by atoms with Gasteiger partial charge in [-0.3, -0.25) is 4.79 Å². The van der Waals surface area contributed by atoms with Crippen LogP contribution in [0.5, 0.6) is 0 Å². The van der Waals surface area contributed by atoms with Gasteiger partial charge in [-0.15, -0.1) is 0 Å². The Morgan fingerprint density at radius 2 is 1.76 bits per heavy atom. The predicted octanol–water partition coefficient (Wildman–Crippen LogP) is 5.87. The standard InChI is InChI=1S/C18H10Br2N2O3/c19-11-3-1-10(2-4-11)18-22-13-9-12(5-6-14(13)25-18)21-17(23)15-7-8-16(20)24-15/h1-9H,(H,21,23). The molecule has 0 radical (unpaired) electrons. The second-order valence-electron chi connectivity index (χ2n) is 5.27. The molecule has 25 heavy (non-hydrogen) atoms. The molecule has 1 N–H and O–H groups in total.